The molecule has 14 nitrogen and oxygen atoms in total. The molecule has 1 N–H and O–H groups in total. The van der Waals surface area contributed by atoms with Crippen LogP contribution < -0.4 is 11.1 Å². The fraction of sp³-hybridized carbons (Fsp3) is 0.364. The number of rotatable bonds is 10. The summed E-state index contributed by atoms with van der Waals surface area (Å²) in [5.41, 5.74) is 2.49. The van der Waals surface area contributed by atoms with Crippen LogP contribution in [0.2, 0.25) is 0 Å². The summed E-state index contributed by atoms with van der Waals surface area (Å²) in [7, 11) is 1.30. The van der Waals surface area contributed by atoms with Gasteiger partial charge in [-0.05, 0) is 31.0 Å². The molecule has 0 spiro atoms. The molecule has 0 saturated carbocycles. The Labute approximate surface area is 242 Å². The molecule has 210 valence electrons. The fourth-order valence-corrected chi connectivity index (χ4v) is 7.48. The highest BCUT2D eigenvalue weighted by Gasteiger charge is 2.54. The first-order valence-corrected chi connectivity index (χ1v) is 15.2. The number of ether oxygens (including phenoxy) is 1. The molecule has 1 unspecified atom stereocenters. The molecule has 0 bridgehead atoms. The van der Waals surface area contributed by atoms with Gasteiger partial charge in [0.15, 0.2) is 28.2 Å². The molecule has 3 aromatic heterocycles. The van der Waals surface area contributed by atoms with Crippen LogP contribution in [0.4, 0.5) is 0 Å². The number of esters is 1. The van der Waals surface area contributed by atoms with Crippen LogP contribution in [0.15, 0.2) is 45.3 Å². The number of hydrogen-bond acceptors (Lipinski definition) is 16. The molecule has 3 aromatic rings. The summed E-state index contributed by atoms with van der Waals surface area (Å²) in [6, 6.07) is -0.921. The lowest BCUT2D eigenvalue weighted by molar-refractivity contribution is -0.153. The number of aryl methyl sites for hydroxylation is 2. The summed E-state index contributed by atoms with van der Waals surface area (Å²) < 4.78 is 20.0. The number of fused-ring (bicyclic) bond motifs is 1. The zero-order valence-corrected chi connectivity index (χ0v) is 24.3. The molecule has 1 saturated heterocycles. The van der Waals surface area contributed by atoms with E-state index in [2.05, 4.69) is 24.8 Å². The molecule has 40 heavy (non-hydrogen) atoms. The van der Waals surface area contributed by atoms with Gasteiger partial charge >= 0.3 is 11.8 Å². The van der Waals surface area contributed by atoms with E-state index in [1.807, 2.05) is 0 Å². The van der Waals surface area contributed by atoms with Gasteiger partial charge in [-0.2, -0.15) is 4.37 Å². The summed E-state index contributed by atoms with van der Waals surface area (Å²) in [5.74, 6) is -1.19. The Morgan fingerprint density at radius 2 is 2.12 bits per heavy atom. The second kappa shape index (κ2) is 11.9. The minimum absolute atomic E-state index is 0.0630. The van der Waals surface area contributed by atoms with Crippen molar-refractivity contribution >= 4 is 69.9 Å². The van der Waals surface area contributed by atoms with Gasteiger partial charge in [0.1, 0.15) is 35.7 Å². The summed E-state index contributed by atoms with van der Waals surface area (Å²) >= 11 is 5.30. The molecule has 2 amide bonds. The van der Waals surface area contributed by atoms with E-state index in [1.165, 1.54) is 65.3 Å². The Hall–Kier alpha value is -3.48. The minimum Gasteiger partial charge on any atom is -0.453 e. The van der Waals surface area contributed by atoms with Crippen LogP contribution in [0, 0.1) is 13.8 Å². The first-order valence-electron chi connectivity index (χ1n) is 11.4. The number of amides is 2. The summed E-state index contributed by atoms with van der Waals surface area (Å²) in [5, 5.41) is 7.51. The molecule has 5 rings (SSSR count). The van der Waals surface area contributed by atoms with Crippen molar-refractivity contribution in [1.29, 1.82) is 0 Å². The van der Waals surface area contributed by atoms with Gasteiger partial charge in [0.05, 0.1) is 5.51 Å². The predicted molar refractivity (Wildman–Crippen MR) is 145 cm³/mol. The van der Waals surface area contributed by atoms with Crippen LogP contribution in [0.25, 0.3) is 0 Å². The Kier molecular flexibility index (Phi) is 8.38. The van der Waals surface area contributed by atoms with Crippen molar-refractivity contribution in [2.75, 3.05) is 18.6 Å². The molecule has 18 heteroatoms. The van der Waals surface area contributed by atoms with Crippen LogP contribution in [-0.2, 0) is 30.6 Å². The van der Waals surface area contributed by atoms with Gasteiger partial charge in [-0.3, -0.25) is 14.5 Å². The molecular formula is C22H20N6O8S4. The van der Waals surface area contributed by atoms with Crippen LogP contribution in [-0.4, -0.2) is 72.8 Å². The molecule has 0 aliphatic carbocycles. The van der Waals surface area contributed by atoms with E-state index >= 15 is 0 Å². The largest absolute Gasteiger partial charge is 0.519 e. The van der Waals surface area contributed by atoms with E-state index in [0.29, 0.717) is 32.9 Å². The standard InChI is InChI=1S/C22H20N6O8S4/c1-9-13(36-22(32)35-9)4-34-20(31)16-11(6-39-21-24-10(2)27-40-21)5-38-19-15(18(30)28(16)19)25-17(29)14(26-33-3)12-7-37-8-23-12/h7-8,15,19H,4-6H2,1-3H3,(H,25,29)/b26-14-/t15?,19-/m0/s1. The van der Waals surface area contributed by atoms with Crippen LogP contribution in [0.1, 0.15) is 23.0 Å². The van der Waals surface area contributed by atoms with E-state index in [9.17, 15) is 19.2 Å². The number of oxime groups is 1. The minimum atomic E-state index is -0.921. The van der Waals surface area contributed by atoms with E-state index in [-0.39, 0.29) is 29.5 Å². The van der Waals surface area contributed by atoms with Crippen molar-refractivity contribution in [3.8, 4) is 0 Å². The lowest BCUT2D eigenvalue weighted by Crippen LogP contribution is -2.71. The molecule has 2 aliphatic heterocycles. The van der Waals surface area contributed by atoms with Gasteiger partial charge < -0.3 is 23.7 Å². The maximum Gasteiger partial charge on any atom is 0.519 e. The topological polar surface area (TPSA) is 179 Å². The van der Waals surface area contributed by atoms with Crippen molar-refractivity contribution in [2.45, 2.75) is 36.2 Å². The van der Waals surface area contributed by atoms with Crippen molar-refractivity contribution in [3.63, 3.8) is 0 Å². The third-order valence-electron chi connectivity index (χ3n) is 5.65. The number of β-lactam (4-membered cyclic amide) rings is 1. The van der Waals surface area contributed by atoms with Crippen molar-refractivity contribution in [1.82, 2.24) is 24.6 Å². The van der Waals surface area contributed by atoms with E-state index in [0.717, 1.165) is 0 Å². The summed E-state index contributed by atoms with van der Waals surface area (Å²) in [4.78, 5) is 65.5. The number of thioether (sulfide) groups is 2. The average Bonchev–Trinajstić information content (AvgIpc) is 3.68. The van der Waals surface area contributed by atoms with Crippen molar-refractivity contribution < 1.29 is 32.8 Å². The zero-order valence-electron chi connectivity index (χ0n) is 21.1. The number of carbonyl (C=O) groups is 3. The number of carbonyl (C=O) groups excluding carboxylic acids is 3. The second-order valence-corrected chi connectivity index (χ2v) is 12.0. The smallest absolute Gasteiger partial charge is 0.453 e. The Morgan fingerprint density at radius 1 is 1.30 bits per heavy atom. The van der Waals surface area contributed by atoms with Gasteiger partial charge in [0.25, 0.3) is 11.8 Å². The van der Waals surface area contributed by atoms with Gasteiger partial charge in [-0.25, -0.2) is 19.6 Å². The Bertz CT molecular complexity index is 1560. The zero-order chi connectivity index (χ0) is 28.4. The molecule has 0 aromatic carbocycles. The highest BCUT2D eigenvalue weighted by molar-refractivity contribution is 8.01. The van der Waals surface area contributed by atoms with Crippen LogP contribution >= 0.6 is 46.4 Å². The highest BCUT2D eigenvalue weighted by Crippen LogP contribution is 2.42. The molecule has 5 heterocycles. The highest BCUT2D eigenvalue weighted by atomic mass is 32.2. The van der Waals surface area contributed by atoms with E-state index in [4.69, 9.17) is 18.4 Å². The first kappa shape index (κ1) is 28.1. The van der Waals surface area contributed by atoms with Crippen LogP contribution in [0.3, 0.4) is 0 Å². The fourth-order valence-electron chi connectivity index (χ4n) is 3.81. The quantitative estimate of drug-likeness (QED) is 0.113. The van der Waals surface area contributed by atoms with Gasteiger partial charge in [0, 0.05) is 16.9 Å². The monoisotopic (exact) mass is 624 g/mol. The number of hydrogen-bond donors (Lipinski definition) is 1. The molecule has 2 aliphatic rings. The molecule has 2 atom stereocenters. The average molecular weight is 625 g/mol. The molecule has 0 radical (unpaired) electrons. The second-order valence-electron chi connectivity index (χ2n) is 8.22. The Morgan fingerprint density at radius 3 is 2.77 bits per heavy atom. The van der Waals surface area contributed by atoms with Crippen molar-refractivity contribution in [2.24, 2.45) is 5.16 Å². The molecular weight excluding hydrogens is 605 g/mol. The Balaban J connectivity index is 1.36. The maximum atomic E-state index is 13.3. The number of nitrogens with one attached hydrogen (secondary N) is 1. The van der Waals surface area contributed by atoms with Gasteiger partial charge in [-0.1, -0.05) is 16.9 Å². The van der Waals surface area contributed by atoms with Gasteiger partial charge in [0.2, 0.25) is 0 Å². The summed E-state index contributed by atoms with van der Waals surface area (Å²) in [6.45, 7) is 2.93. The van der Waals surface area contributed by atoms with E-state index in [1.54, 1.807) is 17.8 Å². The van der Waals surface area contributed by atoms with Gasteiger partial charge in [-0.15, -0.1) is 23.1 Å². The number of thiazole rings is 1. The first-order chi connectivity index (χ1) is 19.3. The van der Waals surface area contributed by atoms with E-state index < -0.39 is 35.0 Å². The third-order valence-corrected chi connectivity index (χ3v) is 9.59. The predicted octanol–water partition coefficient (Wildman–Crippen LogP) is 1.70. The lowest BCUT2D eigenvalue weighted by Gasteiger charge is -2.49. The number of aromatic nitrogens is 3. The van der Waals surface area contributed by atoms with Crippen molar-refractivity contribution in [3.05, 3.63) is 55.8 Å². The lowest BCUT2D eigenvalue weighted by atomic mass is 10.0. The normalized spacial score (nSPS) is 18.8. The third kappa shape index (κ3) is 5.70. The maximum absolute atomic E-state index is 13.3. The number of nitrogens with zero attached hydrogens (tertiary/aromatic N) is 5. The molecule has 1 fully saturated rings. The SMILES string of the molecule is CO/N=C(\C(=O)NC1C(=O)N2C(C(=O)OCc3oc(=O)oc3C)=C(CSc3nc(C)ns3)CS[C@@H]12)c1cscn1. The van der Waals surface area contributed by atoms with Crippen LogP contribution in [0.5, 0.6) is 0 Å². The summed E-state index contributed by atoms with van der Waals surface area (Å²) in [6.07, 6.45) is 0.